The van der Waals surface area contributed by atoms with Crippen LogP contribution in [-0.2, 0) is 9.47 Å². The highest BCUT2D eigenvalue weighted by Crippen LogP contribution is 2.28. The predicted octanol–water partition coefficient (Wildman–Crippen LogP) is 3.45. The third-order valence-corrected chi connectivity index (χ3v) is 4.70. The van der Waals surface area contributed by atoms with E-state index in [1.165, 1.54) is 0 Å². The van der Waals surface area contributed by atoms with E-state index in [0.717, 1.165) is 24.6 Å². The van der Waals surface area contributed by atoms with Gasteiger partial charge in [0.1, 0.15) is 5.58 Å². The molecule has 122 valence electrons. The van der Waals surface area contributed by atoms with E-state index in [0.29, 0.717) is 36.1 Å². The number of carbonyl (C=O) groups is 1. The van der Waals surface area contributed by atoms with Crippen LogP contribution < -0.4 is 0 Å². The molecule has 5 nitrogen and oxygen atoms in total. The lowest BCUT2D eigenvalue weighted by Gasteiger charge is -2.37. The molecular weight excluding hydrogens is 318 g/mol. The topological polar surface area (TPSA) is 51.9 Å². The van der Waals surface area contributed by atoms with Crippen molar-refractivity contribution < 1.29 is 18.7 Å². The van der Waals surface area contributed by atoms with Gasteiger partial charge >= 0.3 is 0 Å². The first-order valence-corrected chi connectivity index (χ1v) is 8.33. The van der Waals surface area contributed by atoms with Crippen LogP contribution >= 0.6 is 11.6 Å². The predicted molar refractivity (Wildman–Crippen MR) is 85.6 cm³/mol. The molecule has 1 aromatic heterocycles. The molecule has 6 heteroatoms. The van der Waals surface area contributed by atoms with Crippen LogP contribution in [0.15, 0.2) is 28.7 Å². The second-order valence-corrected chi connectivity index (χ2v) is 6.40. The molecule has 0 aliphatic carbocycles. The van der Waals surface area contributed by atoms with E-state index in [1.807, 2.05) is 4.90 Å². The number of amides is 1. The Morgan fingerprint density at radius 1 is 1.17 bits per heavy atom. The summed E-state index contributed by atoms with van der Waals surface area (Å²) in [5.41, 5.74) is 0.666. The van der Waals surface area contributed by atoms with E-state index in [4.69, 9.17) is 25.5 Å². The molecule has 0 spiro atoms. The number of fused-ring (bicyclic) bond motifs is 1. The van der Waals surface area contributed by atoms with Crippen molar-refractivity contribution in [1.29, 1.82) is 0 Å². The monoisotopic (exact) mass is 335 g/mol. The van der Waals surface area contributed by atoms with Gasteiger partial charge in [0.15, 0.2) is 12.1 Å². The van der Waals surface area contributed by atoms with Crippen molar-refractivity contribution in [3.63, 3.8) is 0 Å². The Bertz CT molecular complexity index is 722. The minimum atomic E-state index is -0.321. The molecule has 4 rings (SSSR count). The van der Waals surface area contributed by atoms with Crippen molar-refractivity contribution in [2.24, 2.45) is 0 Å². The van der Waals surface area contributed by atoms with Crippen molar-refractivity contribution in [2.75, 3.05) is 19.8 Å². The Hall–Kier alpha value is -1.56. The number of ether oxygens (including phenoxy) is 2. The van der Waals surface area contributed by atoms with Gasteiger partial charge in [-0.1, -0.05) is 11.6 Å². The first-order valence-electron chi connectivity index (χ1n) is 7.96. The summed E-state index contributed by atoms with van der Waals surface area (Å²) in [7, 11) is 0. The average molecular weight is 336 g/mol. The van der Waals surface area contributed by atoms with Crippen molar-refractivity contribution in [1.82, 2.24) is 4.90 Å². The lowest BCUT2D eigenvalue weighted by molar-refractivity contribution is -0.100. The molecule has 1 aromatic carbocycles. The molecule has 0 N–H and O–H groups in total. The molecule has 3 heterocycles. The van der Waals surface area contributed by atoms with Crippen LogP contribution in [0.3, 0.4) is 0 Å². The zero-order valence-corrected chi connectivity index (χ0v) is 13.4. The number of carbonyl (C=O) groups excluding carboxylic acids is 1. The van der Waals surface area contributed by atoms with Crippen LogP contribution in [0.25, 0.3) is 11.0 Å². The number of piperidine rings is 1. The standard InChI is InChI=1S/C17H18ClNO4/c18-12-4-5-14-11(9-12)10-15(23-14)16(20)19-6-2-1-3-13(19)17-21-7-8-22-17/h4-5,9-10,13,17H,1-3,6-8H2. The number of furan rings is 1. The molecule has 0 radical (unpaired) electrons. The van der Waals surface area contributed by atoms with Gasteiger partial charge < -0.3 is 18.8 Å². The molecule has 1 amide bonds. The second-order valence-electron chi connectivity index (χ2n) is 5.96. The quantitative estimate of drug-likeness (QED) is 0.843. The maximum atomic E-state index is 12.9. The molecular formula is C17H18ClNO4. The average Bonchev–Trinajstić information content (AvgIpc) is 3.23. The van der Waals surface area contributed by atoms with Crippen molar-refractivity contribution in [3.8, 4) is 0 Å². The van der Waals surface area contributed by atoms with Crippen LogP contribution in [-0.4, -0.2) is 42.9 Å². The summed E-state index contributed by atoms with van der Waals surface area (Å²) < 4.78 is 17.0. The first-order chi connectivity index (χ1) is 11.2. The number of hydrogen-bond acceptors (Lipinski definition) is 4. The zero-order chi connectivity index (χ0) is 15.8. The summed E-state index contributed by atoms with van der Waals surface area (Å²) >= 11 is 6.00. The van der Waals surface area contributed by atoms with Gasteiger partial charge in [0, 0.05) is 17.0 Å². The van der Waals surface area contributed by atoms with Gasteiger partial charge in [-0.25, -0.2) is 0 Å². The molecule has 2 saturated heterocycles. The summed E-state index contributed by atoms with van der Waals surface area (Å²) in [6.45, 7) is 1.88. The molecule has 2 aromatic rings. The van der Waals surface area contributed by atoms with Gasteiger partial charge in [-0.15, -0.1) is 0 Å². The number of likely N-dealkylation sites (tertiary alicyclic amines) is 1. The maximum Gasteiger partial charge on any atom is 0.290 e. The number of benzene rings is 1. The van der Waals surface area contributed by atoms with Gasteiger partial charge in [-0.3, -0.25) is 4.79 Å². The Morgan fingerprint density at radius 2 is 2.00 bits per heavy atom. The third kappa shape index (κ3) is 2.84. The lowest BCUT2D eigenvalue weighted by atomic mass is 10.0. The van der Waals surface area contributed by atoms with E-state index in [1.54, 1.807) is 24.3 Å². The van der Waals surface area contributed by atoms with Crippen LogP contribution in [0.5, 0.6) is 0 Å². The molecule has 0 saturated carbocycles. The minimum absolute atomic E-state index is 0.0458. The van der Waals surface area contributed by atoms with Crippen LogP contribution in [0.4, 0.5) is 0 Å². The first kappa shape index (κ1) is 15.0. The van der Waals surface area contributed by atoms with Gasteiger partial charge in [0.2, 0.25) is 0 Å². The SMILES string of the molecule is O=C(c1cc2cc(Cl)ccc2o1)N1CCCCC1C1OCCO1. The van der Waals surface area contributed by atoms with Crippen LogP contribution in [0.2, 0.25) is 5.02 Å². The molecule has 0 bridgehead atoms. The lowest BCUT2D eigenvalue weighted by Crippen LogP contribution is -2.50. The van der Waals surface area contributed by atoms with E-state index in [9.17, 15) is 4.79 Å². The molecule has 2 aliphatic rings. The highest BCUT2D eigenvalue weighted by Gasteiger charge is 2.37. The van der Waals surface area contributed by atoms with E-state index in [2.05, 4.69) is 0 Å². The Kier molecular flexibility index (Phi) is 4.01. The van der Waals surface area contributed by atoms with E-state index >= 15 is 0 Å². The fourth-order valence-corrected chi connectivity index (χ4v) is 3.53. The maximum absolute atomic E-state index is 12.9. The summed E-state index contributed by atoms with van der Waals surface area (Å²) in [6, 6.07) is 7.05. The molecule has 1 atom stereocenters. The van der Waals surface area contributed by atoms with Crippen molar-refractivity contribution in [3.05, 3.63) is 35.0 Å². The van der Waals surface area contributed by atoms with Gasteiger partial charge in [0.25, 0.3) is 5.91 Å². The highest BCUT2D eigenvalue weighted by atomic mass is 35.5. The highest BCUT2D eigenvalue weighted by molar-refractivity contribution is 6.31. The molecule has 1 unspecified atom stereocenters. The largest absolute Gasteiger partial charge is 0.451 e. The minimum Gasteiger partial charge on any atom is -0.451 e. The van der Waals surface area contributed by atoms with Gasteiger partial charge in [-0.05, 0) is 43.5 Å². The zero-order valence-electron chi connectivity index (χ0n) is 12.7. The normalized spacial score (nSPS) is 22.8. The summed E-state index contributed by atoms with van der Waals surface area (Å²) in [4.78, 5) is 14.7. The smallest absolute Gasteiger partial charge is 0.290 e. The van der Waals surface area contributed by atoms with Gasteiger partial charge in [-0.2, -0.15) is 0 Å². The fraction of sp³-hybridized carbons (Fsp3) is 0.471. The van der Waals surface area contributed by atoms with Gasteiger partial charge in [0.05, 0.1) is 19.3 Å². The Balaban J connectivity index is 1.62. The van der Waals surface area contributed by atoms with E-state index in [-0.39, 0.29) is 18.2 Å². The molecule has 2 fully saturated rings. The van der Waals surface area contributed by atoms with Crippen molar-refractivity contribution in [2.45, 2.75) is 31.6 Å². The molecule has 2 aliphatic heterocycles. The fourth-order valence-electron chi connectivity index (χ4n) is 3.35. The summed E-state index contributed by atoms with van der Waals surface area (Å²) in [6.07, 6.45) is 2.63. The molecule has 23 heavy (non-hydrogen) atoms. The van der Waals surface area contributed by atoms with Crippen molar-refractivity contribution >= 4 is 28.5 Å². The Labute approximate surface area is 139 Å². The van der Waals surface area contributed by atoms with Crippen LogP contribution in [0, 0.1) is 0 Å². The third-order valence-electron chi connectivity index (χ3n) is 4.46. The summed E-state index contributed by atoms with van der Waals surface area (Å²) in [5, 5.41) is 1.46. The number of halogens is 1. The van der Waals surface area contributed by atoms with E-state index < -0.39 is 0 Å². The number of hydrogen-bond donors (Lipinski definition) is 0. The summed E-state index contributed by atoms with van der Waals surface area (Å²) in [5.74, 6) is 0.230. The second kappa shape index (κ2) is 6.15. The van der Waals surface area contributed by atoms with Crippen LogP contribution in [0.1, 0.15) is 29.8 Å². The number of rotatable bonds is 2. The number of nitrogens with zero attached hydrogens (tertiary/aromatic N) is 1. The Morgan fingerprint density at radius 3 is 2.83 bits per heavy atom.